The number of aromatic nitrogens is 1. The normalized spacial score (nSPS) is 14.0. The quantitative estimate of drug-likeness (QED) is 0.610. The van der Waals surface area contributed by atoms with Gasteiger partial charge in [0.2, 0.25) is 0 Å². The van der Waals surface area contributed by atoms with Gasteiger partial charge in [0.25, 0.3) is 0 Å². The van der Waals surface area contributed by atoms with Crippen molar-refractivity contribution in [3.8, 4) is 11.1 Å². The Morgan fingerprint density at radius 2 is 1.78 bits per heavy atom. The third-order valence-corrected chi connectivity index (χ3v) is 6.01. The molecule has 0 aliphatic heterocycles. The zero-order valence-electron chi connectivity index (χ0n) is 19.9. The first-order valence-electron chi connectivity index (χ1n) is 10.3. The molecule has 0 bridgehead atoms. The summed E-state index contributed by atoms with van der Waals surface area (Å²) in [5.74, 6) is -0.702. The Morgan fingerprint density at radius 1 is 1.16 bits per heavy atom. The number of methoxy groups -OCH3 is 1. The van der Waals surface area contributed by atoms with Crippen molar-refractivity contribution in [2.45, 2.75) is 71.3 Å². The Balaban J connectivity index is 2.58. The number of rotatable bonds is 7. The van der Waals surface area contributed by atoms with Gasteiger partial charge in [-0.15, -0.1) is 0 Å². The lowest BCUT2D eigenvalue weighted by molar-refractivity contribution is -0.155. The number of esters is 2. The van der Waals surface area contributed by atoms with E-state index in [4.69, 9.17) is 14.0 Å². The molecule has 1 heterocycles. The van der Waals surface area contributed by atoms with Crippen molar-refractivity contribution in [1.29, 1.82) is 0 Å². The van der Waals surface area contributed by atoms with Gasteiger partial charge in [-0.3, -0.25) is 4.79 Å². The van der Waals surface area contributed by atoms with Gasteiger partial charge in [0.05, 0.1) is 52.1 Å². The van der Waals surface area contributed by atoms with Gasteiger partial charge in [-0.05, 0) is 54.5 Å². The minimum absolute atomic E-state index is 0.138. The molecule has 0 spiro atoms. The largest absolute Gasteiger partial charge is 0.465 e. The van der Waals surface area contributed by atoms with Crippen LogP contribution in [-0.4, -0.2) is 38.8 Å². The van der Waals surface area contributed by atoms with Crippen molar-refractivity contribution < 1.29 is 27.8 Å². The number of ether oxygens (including phenoxy) is 2. The molecule has 0 radical (unpaired) electrons. The van der Waals surface area contributed by atoms with Crippen LogP contribution in [0.5, 0.6) is 0 Å². The van der Waals surface area contributed by atoms with Gasteiger partial charge >= 0.3 is 11.9 Å². The molecule has 8 nitrogen and oxygen atoms in total. The van der Waals surface area contributed by atoms with Gasteiger partial charge in [-0.25, -0.2) is 13.7 Å². The molecule has 1 N–H and O–H groups in total. The number of carbonyl (C=O) groups is 2. The summed E-state index contributed by atoms with van der Waals surface area (Å²) in [7, 11) is -0.210. The maximum Gasteiger partial charge on any atom is 0.338 e. The van der Waals surface area contributed by atoms with Crippen LogP contribution in [0.15, 0.2) is 28.8 Å². The number of hydrogen-bond acceptors (Lipinski definition) is 7. The molecule has 1 aromatic heterocycles. The van der Waals surface area contributed by atoms with Crippen molar-refractivity contribution in [3.63, 3.8) is 0 Å². The summed E-state index contributed by atoms with van der Waals surface area (Å²) < 4.78 is 31.3. The Hall–Kier alpha value is -2.52. The van der Waals surface area contributed by atoms with Crippen LogP contribution >= 0.6 is 0 Å². The van der Waals surface area contributed by atoms with Gasteiger partial charge < -0.3 is 14.0 Å². The van der Waals surface area contributed by atoms with E-state index in [0.717, 1.165) is 0 Å². The van der Waals surface area contributed by atoms with Crippen LogP contribution in [0.2, 0.25) is 0 Å². The Morgan fingerprint density at radius 3 is 2.34 bits per heavy atom. The third-order valence-electron chi connectivity index (χ3n) is 4.40. The topological polar surface area (TPSA) is 108 Å². The number of hydrogen-bond donors (Lipinski definition) is 1. The second-order valence-corrected chi connectivity index (χ2v) is 11.4. The average molecular weight is 465 g/mol. The molecule has 1 aromatic carbocycles. The molecule has 176 valence electrons. The molecule has 0 fully saturated rings. The summed E-state index contributed by atoms with van der Waals surface area (Å²) in [6.45, 7) is 12.5. The SMILES string of the molecule is COC(=O)c1ccccc1-c1c(C)noc1[C@H](CC(=O)OC(C)(C)C)N[S@@](=O)C(C)(C)C. The summed E-state index contributed by atoms with van der Waals surface area (Å²) >= 11 is 0. The third kappa shape index (κ3) is 6.49. The molecule has 2 rings (SSSR count). The summed E-state index contributed by atoms with van der Waals surface area (Å²) in [5, 5.41) is 4.07. The maximum atomic E-state index is 12.9. The van der Waals surface area contributed by atoms with Crippen molar-refractivity contribution in [1.82, 2.24) is 9.88 Å². The highest BCUT2D eigenvalue weighted by molar-refractivity contribution is 7.84. The van der Waals surface area contributed by atoms with Crippen molar-refractivity contribution >= 4 is 22.9 Å². The molecular weight excluding hydrogens is 432 g/mol. The molecule has 9 heteroatoms. The van der Waals surface area contributed by atoms with E-state index in [1.165, 1.54) is 7.11 Å². The minimum Gasteiger partial charge on any atom is -0.465 e. The molecule has 32 heavy (non-hydrogen) atoms. The molecule has 0 aliphatic carbocycles. The molecular formula is C23H32N2O6S. The first kappa shape index (κ1) is 25.7. The van der Waals surface area contributed by atoms with Crippen LogP contribution in [0.4, 0.5) is 0 Å². The van der Waals surface area contributed by atoms with E-state index in [0.29, 0.717) is 28.1 Å². The second-order valence-electron chi connectivity index (χ2n) is 9.39. The van der Waals surface area contributed by atoms with Gasteiger partial charge in [-0.1, -0.05) is 23.4 Å². The summed E-state index contributed by atoms with van der Waals surface area (Å²) in [6, 6.07) is 6.10. The first-order valence-corrected chi connectivity index (χ1v) is 11.4. The van der Waals surface area contributed by atoms with Crippen molar-refractivity contribution in [3.05, 3.63) is 41.3 Å². The highest BCUT2D eigenvalue weighted by Gasteiger charge is 2.33. The van der Waals surface area contributed by atoms with Crippen molar-refractivity contribution in [2.24, 2.45) is 0 Å². The predicted octanol–water partition coefficient (Wildman–Crippen LogP) is 4.26. The van der Waals surface area contributed by atoms with E-state index in [9.17, 15) is 13.8 Å². The average Bonchev–Trinajstić information content (AvgIpc) is 3.05. The zero-order chi connectivity index (χ0) is 24.3. The standard InChI is InChI=1S/C23H32N2O6S/c1-14-19(15-11-9-10-12-16(15)21(27)29-8)20(31-24-14)17(25-32(28)23(5,6)7)13-18(26)30-22(2,3)4/h9-12,17,25H,13H2,1-8H3/t17-,32-/m0/s1. The second kappa shape index (κ2) is 9.95. The number of aryl methyl sites for hydroxylation is 1. The van der Waals surface area contributed by atoms with Crippen LogP contribution in [0.1, 0.15) is 75.8 Å². The Labute approximate surface area is 191 Å². The molecule has 0 amide bonds. The van der Waals surface area contributed by atoms with Gasteiger partial charge in [0.1, 0.15) is 5.60 Å². The molecule has 2 aromatic rings. The van der Waals surface area contributed by atoms with Gasteiger partial charge in [0, 0.05) is 5.56 Å². The van der Waals surface area contributed by atoms with E-state index in [1.54, 1.807) is 52.0 Å². The maximum absolute atomic E-state index is 12.9. The lowest BCUT2D eigenvalue weighted by Crippen LogP contribution is -2.37. The highest BCUT2D eigenvalue weighted by Crippen LogP contribution is 2.36. The van der Waals surface area contributed by atoms with Crippen molar-refractivity contribution in [2.75, 3.05) is 7.11 Å². The predicted molar refractivity (Wildman–Crippen MR) is 122 cm³/mol. The summed E-state index contributed by atoms with van der Waals surface area (Å²) in [5.41, 5.74) is 1.26. The van der Waals surface area contributed by atoms with Crippen LogP contribution in [0.3, 0.4) is 0 Å². The van der Waals surface area contributed by atoms with Crippen LogP contribution in [0.25, 0.3) is 11.1 Å². The Bertz CT molecular complexity index is 1000. The molecule has 0 saturated carbocycles. The lowest BCUT2D eigenvalue weighted by atomic mass is 9.95. The number of nitrogens with zero attached hydrogens (tertiary/aromatic N) is 1. The van der Waals surface area contributed by atoms with Crippen LogP contribution in [0, 0.1) is 6.92 Å². The minimum atomic E-state index is -1.52. The van der Waals surface area contributed by atoms with Crippen LogP contribution < -0.4 is 4.72 Å². The zero-order valence-corrected chi connectivity index (χ0v) is 20.7. The monoisotopic (exact) mass is 464 g/mol. The first-order chi connectivity index (χ1) is 14.7. The number of nitrogens with one attached hydrogen (secondary N) is 1. The highest BCUT2D eigenvalue weighted by atomic mass is 32.2. The van der Waals surface area contributed by atoms with Gasteiger partial charge in [-0.2, -0.15) is 0 Å². The fourth-order valence-electron chi connectivity index (χ4n) is 2.99. The molecule has 0 aliphatic rings. The fraction of sp³-hybridized carbons (Fsp3) is 0.522. The summed E-state index contributed by atoms with van der Waals surface area (Å²) in [6.07, 6.45) is -0.138. The fourth-order valence-corrected chi connectivity index (χ4v) is 3.79. The van der Waals surface area contributed by atoms with E-state index in [-0.39, 0.29) is 6.42 Å². The Kier molecular flexibility index (Phi) is 8.01. The summed E-state index contributed by atoms with van der Waals surface area (Å²) in [4.78, 5) is 25.0. The molecule has 0 saturated heterocycles. The number of benzene rings is 1. The lowest BCUT2D eigenvalue weighted by Gasteiger charge is -2.25. The van der Waals surface area contributed by atoms with E-state index in [1.807, 2.05) is 20.8 Å². The van der Waals surface area contributed by atoms with E-state index in [2.05, 4.69) is 9.88 Å². The van der Waals surface area contributed by atoms with E-state index >= 15 is 0 Å². The molecule has 0 unspecified atom stereocenters. The van der Waals surface area contributed by atoms with Crippen LogP contribution in [-0.2, 0) is 25.3 Å². The van der Waals surface area contributed by atoms with Gasteiger partial charge in [0.15, 0.2) is 5.76 Å². The molecule has 2 atom stereocenters. The van der Waals surface area contributed by atoms with E-state index < -0.39 is 39.3 Å². The number of carbonyl (C=O) groups excluding carboxylic acids is 2. The smallest absolute Gasteiger partial charge is 0.338 e.